The molecular formula is C27H38N2O4. The Balaban J connectivity index is 2.26. The fourth-order valence-electron chi connectivity index (χ4n) is 3.62. The average Bonchev–Trinajstić information content (AvgIpc) is 2.81. The Bertz CT molecular complexity index is 910. The van der Waals surface area contributed by atoms with Crippen molar-refractivity contribution in [2.24, 2.45) is 5.92 Å². The largest absolute Gasteiger partial charge is 0.497 e. The van der Waals surface area contributed by atoms with Crippen molar-refractivity contribution in [2.45, 2.75) is 59.5 Å². The second-order valence-electron chi connectivity index (χ2n) is 8.92. The molecule has 2 rings (SSSR count). The van der Waals surface area contributed by atoms with Crippen LogP contribution in [0, 0.1) is 5.92 Å². The van der Waals surface area contributed by atoms with Crippen LogP contribution in [0.15, 0.2) is 48.5 Å². The Morgan fingerprint density at radius 3 is 2.39 bits per heavy atom. The van der Waals surface area contributed by atoms with Crippen LogP contribution in [0.3, 0.4) is 0 Å². The lowest BCUT2D eigenvalue weighted by Gasteiger charge is -2.31. The van der Waals surface area contributed by atoms with E-state index in [1.54, 1.807) is 12.0 Å². The normalized spacial score (nSPS) is 11.9. The van der Waals surface area contributed by atoms with Gasteiger partial charge in [-0.1, -0.05) is 65.0 Å². The van der Waals surface area contributed by atoms with Crippen molar-refractivity contribution >= 4 is 11.8 Å². The van der Waals surface area contributed by atoms with Gasteiger partial charge in [-0.25, -0.2) is 0 Å². The van der Waals surface area contributed by atoms with E-state index in [0.29, 0.717) is 36.9 Å². The van der Waals surface area contributed by atoms with Crippen LogP contribution in [0.2, 0.25) is 0 Å². The van der Waals surface area contributed by atoms with Crippen LogP contribution in [-0.2, 0) is 16.1 Å². The van der Waals surface area contributed by atoms with Crippen LogP contribution in [0.1, 0.15) is 58.1 Å². The SMILES string of the molecule is CC[C@@H](C(=O)NCC(C)C)N(Cc1cccc(OC)c1)C(=O)COc1ccccc1C(C)C. The molecule has 2 aromatic carbocycles. The molecule has 0 saturated carbocycles. The van der Waals surface area contributed by atoms with Crippen molar-refractivity contribution in [3.63, 3.8) is 0 Å². The predicted molar refractivity (Wildman–Crippen MR) is 131 cm³/mol. The molecule has 0 unspecified atom stereocenters. The minimum absolute atomic E-state index is 0.137. The Labute approximate surface area is 198 Å². The Morgan fingerprint density at radius 2 is 1.76 bits per heavy atom. The number of carbonyl (C=O) groups is 2. The van der Waals surface area contributed by atoms with Gasteiger partial charge in [0.25, 0.3) is 5.91 Å². The van der Waals surface area contributed by atoms with Crippen LogP contribution >= 0.6 is 0 Å². The zero-order chi connectivity index (χ0) is 24.4. The zero-order valence-corrected chi connectivity index (χ0v) is 20.8. The Hall–Kier alpha value is -3.02. The number of benzene rings is 2. The summed E-state index contributed by atoms with van der Waals surface area (Å²) < 4.78 is 11.3. The average molecular weight is 455 g/mol. The summed E-state index contributed by atoms with van der Waals surface area (Å²) in [5.74, 6) is 1.62. The molecule has 2 aromatic rings. The predicted octanol–water partition coefficient (Wildman–Crippen LogP) is 4.78. The van der Waals surface area contributed by atoms with E-state index in [9.17, 15) is 9.59 Å². The van der Waals surface area contributed by atoms with Crippen LogP contribution in [0.4, 0.5) is 0 Å². The van der Waals surface area contributed by atoms with Crippen LogP contribution in [0.5, 0.6) is 11.5 Å². The molecule has 0 bridgehead atoms. The summed E-state index contributed by atoms with van der Waals surface area (Å²) in [4.78, 5) is 28.0. The number of nitrogens with one attached hydrogen (secondary N) is 1. The molecule has 33 heavy (non-hydrogen) atoms. The van der Waals surface area contributed by atoms with E-state index in [1.807, 2.05) is 69.3 Å². The first-order chi connectivity index (χ1) is 15.8. The summed E-state index contributed by atoms with van der Waals surface area (Å²) in [5.41, 5.74) is 1.94. The van der Waals surface area contributed by atoms with Gasteiger partial charge in [-0.2, -0.15) is 0 Å². The second-order valence-corrected chi connectivity index (χ2v) is 8.92. The minimum atomic E-state index is -0.591. The highest BCUT2D eigenvalue weighted by molar-refractivity contribution is 5.88. The van der Waals surface area contributed by atoms with Gasteiger partial charge in [-0.05, 0) is 47.6 Å². The topological polar surface area (TPSA) is 67.9 Å². The summed E-state index contributed by atoms with van der Waals surface area (Å²) in [6, 6.07) is 14.7. The number of hydrogen-bond donors (Lipinski definition) is 1. The molecule has 0 aliphatic heterocycles. The first-order valence-corrected chi connectivity index (χ1v) is 11.7. The maximum absolute atomic E-state index is 13.4. The molecule has 6 heteroatoms. The molecule has 6 nitrogen and oxygen atoms in total. The van der Waals surface area contributed by atoms with Crippen molar-refractivity contribution in [1.29, 1.82) is 0 Å². The van der Waals surface area contributed by atoms with Gasteiger partial charge in [-0.3, -0.25) is 9.59 Å². The van der Waals surface area contributed by atoms with E-state index in [1.165, 1.54) is 0 Å². The number of ether oxygens (including phenoxy) is 2. The molecule has 0 aliphatic rings. The standard InChI is InChI=1S/C27H38N2O4/c1-7-24(27(31)28-16-19(2)3)29(17-21-11-10-12-22(15-21)32-6)26(30)18-33-25-14-9-8-13-23(25)20(4)5/h8-15,19-20,24H,7,16-18H2,1-6H3,(H,28,31)/t24-/m0/s1. The van der Waals surface area contributed by atoms with Gasteiger partial charge in [0.1, 0.15) is 17.5 Å². The summed E-state index contributed by atoms with van der Waals surface area (Å²) in [6.07, 6.45) is 0.502. The Kier molecular flexibility index (Phi) is 10.2. The summed E-state index contributed by atoms with van der Waals surface area (Å²) in [6.45, 7) is 10.9. The van der Waals surface area contributed by atoms with Crippen molar-refractivity contribution in [1.82, 2.24) is 10.2 Å². The number of hydrogen-bond acceptors (Lipinski definition) is 4. The van der Waals surface area contributed by atoms with Gasteiger partial charge in [0, 0.05) is 13.1 Å². The lowest BCUT2D eigenvalue weighted by Crippen LogP contribution is -2.50. The number of methoxy groups -OCH3 is 1. The maximum Gasteiger partial charge on any atom is 0.261 e. The highest BCUT2D eigenvalue weighted by Crippen LogP contribution is 2.26. The highest BCUT2D eigenvalue weighted by atomic mass is 16.5. The van der Waals surface area contributed by atoms with Gasteiger partial charge < -0.3 is 19.7 Å². The molecule has 0 heterocycles. The molecule has 0 radical (unpaired) electrons. The summed E-state index contributed by atoms with van der Waals surface area (Å²) >= 11 is 0. The number of amides is 2. The molecule has 0 aliphatic carbocycles. The van der Waals surface area contributed by atoms with Crippen LogP contribution < -0.4 is 14.8 Å². The lowest BCUT2D eigenvalue weighted by atomic mass is 10.0. The smallest absolute Gasteiger partial charge is 0.261 e. The fourth-order valence-corrected chi connectivity index (χ4v) is 3.62. The molecular weight excluding hydrogens is 416 g/mol. The third kappa shape index (κ3) is 7.81. The molecule has 180 valence electrons. The van der Waals surface area contributed by atoms with Crippen LogP contribution in [-0.4, -0.2) is 43.0 Å². The summed E-state index contributed by atoms with van der Waals surface area (Å²) in [5, 5.41) is 2.98. The second kappa shape index (κ2) is 12.9. The summed E-state index contributed by atoms with van der Waals surface area (Å²) in [7, 11) is 1.61. The van der Waals surface area contributed by atoms with Gasteiger partial charge in [0.2, 0.25) is 5.91 Å². The lowest BCUT2D eigenvalue weighted by molar-refractivity contribution is -0.143. The van der Waals surface area contributed by atoms with Gasteiger partial charge in [-0.15, -0.1) is 0 Å². The molecule has 2 amide bonds. The van der Waals surface area contributed by atoms with E-state index in [2.05, 4.69) is 19.2 Å². The number of nitrogens with zero attached hydrogens (tertiary/aromatic N) is 1. The van der Waals surface area contributed by atoms with Crippen molar-refractivity contribution in [3.05, 3.63) is 59.7 Å². The maximum atomic E-state index is 13.4. The van der Waals surface area contributed by atoms with Gasteiger partial charge in [0.05, 0.1) is 7.11 Å². The molecule has 0 spiro atoms. The van der Waals surface area contributed by atoms with Gasteiger partial charge >= 0.3 is 0 Å². The van der Waals surface area contributed by atoms with Crippen LogP contribution in [0.25, 0.3) is 0 Å². The minimum Gasteiger partial charge on any atom is -0.497 e. The molecule has 1 N–H and O–H groups in total. The fraction of sp³-hybridized carbons (Fsp3) is 0.481. The number of carbonyl (C=O) groups excluding carboxylic acids is 2. The first kappa shape index (κ1) is 26.2. The third-order valence-corrected chi connectivity index (χ3v) is 5.45. The monoisotopic (exact) mass is 454 g/mol. The quantitative estimate of drug-likeness (QED) is 0.501. The molecule has 1 atom stereocenters. The zero-order valence-electron chi connectivity index (χ0n) is 20.8. The Morgan fingerprint density at radius 1 is 1.03 bits per heavy atom. The van der Waals surface area contributed by atoms with E-state index in [-0.39, 0.29) is 24.3 Å². The first-order valence-electron chi connectivity index (χ1n) is 11.7. The highest BCUT2D eigenvalue weighted by Gasteiger charge is 2.29. The van der Waals surface area contributed by atoms with Crippen molar-refractivity contribution < 1.29 is 19.1 Å². The van der Waals surface area contributed by atoms with Crippen molar-refractivity contribution in [3.8, 4) is 11.5 Å². The molecule has 0 fully saturated rings. The van der Waals surface area contributed by atoms with E-state index in [4.69, 9.17) is 9.47 Å². The van der Waals surface area contributed by atoms with E-state index >= 15 is 0 Å². The van der Waals surface area contributed by atoms with Gasteiger partial charge in [0.15, 0.2) is 6.61 Å². The molecule has 0 aromatic heterocycles. The van der Waals surface area contributed by atoms with Crippen molar-refractivity contribution in [2.75, 3.05) is 20.3 Å². The number of para-hydroxylation sites is 1. The number of rotatable bonds is 12. The van der Waals surface area contributed by atoms with E-state index in [0.717, 1.165) is 11.1 Å². The third-order valence-electron chi connectivity index (χ3n) is 5.45. The molecule has 0 saturated heterocycles. The van der Waals surface area contributed by atoms with E-state index < -0.39 is 6.04 Å².